The van der Waals surface area contributed by atoms with Crippen LogP contribution in [0.5, 0.6) is 0 Å². The van der Waals surface area contributed by atoms with Gasteiger partial charge in [-0.05, 0) is 92.9 Å². The van der Waals surface area contributed by atoms with Crippen molar-refractivity contribution in [1.82, 2.24) is 10.3 Å². The fourth-order valence-corrected chi connectivity index (χ4v) is 5.79. The van der Waals surface area contributed by atoms with Crippen LogP contribution < -0.4 is 21.3 Å². The van der Waals surface area contributed by atoms with Crippen LogP contribution in [-0.2, 0) is 31.7 Å². The molecule has 302 valence electrons. The molecular weight excluding hydrogens is 727 g/mol. The topological polar surface area (TPSA) is 137 Å². The van der Waals surface area contributed by atoms with E-state index in [1.165, 1.54) is 24.4 Å². The van der Waals surface area contributed by atoms with Crippen LogP contribution in [0.15, 0.2) is 85.1 Å². The van der Waals surface area contributed by atoms with Crippen LogP contribution in [0.25, 0.3) is 11.3 Å². The normalized spacial score (nSPS) is 12.0. The SMILES string of the molecule is CCOCCOCCOCCOCCC(N)c1cccc(C(=O)Nc2ccc(N(CC)CC)cc2-c2cc(C(=O)NCc3cccc(C(F)(F)F)c3)ccn2)c1. The Morgan fingerprint density at radius 3 is 2.11 bits per heavy atom. The number of carbonyl (C=O) groups excluding carboxylic acids is 2. The van der Waals surface area contributed by atoms with Crippen molar-refractivity contribution in [2.24, 2.45) is 5.73 Å². The highest BCUT2D eigenvalue weighted by Gasteiger charge is 2.30. The molecule has 1 heterocycles. The van der Waals surface area contributed by atoms with Gasteiger partial charge in [-0.2, -0.15) is 13.2 Å². The Labute approximate surface area is 326 Å². The third kappa shape index (κ3) is 13.7. The lowest BCUT2D eigenvalue weighted by molar-refractivity contribution is -0.137. The van der Waals surface area contributed by atoms with E-state index in [0.29, 0.717) is 87.3 Å². The number of aromatic nitrogens is 1. The first-order chi connectivity index (χ1) is 27.0. The van der Waals surface area contributed by atoms with Crippen molar-refractivity contribution in [3.05, 3.63) is 113 Å². The summed E-state index contributed by atoms with van der Waals surface area (Å²) in [5, 5.41) is 5.71. The molecule has 4 aromatic rings. The predicted molar refractivity (Wildman–Crippen MR) is 211 cm³/mol. The Hall–Kier alpha value is -4.86. The Morgan fingerprint density at radius 1 is 0.768 bits per heavy atom. The smallest absolute Gasteiger partial charge is 0.379 e. The number of carbonyl (C=O) groups is 2. The van der Waals surface area contributed by atoms with Gasteiger partial charge in [0.2, 0.25) is 0 Å². The summed E-state index contributed by atoms with van der Waals surface area (Å²) in [5.41, 5.74) is 9.82. The van der Waals surface area contributed by atoms with Crippen LogP contribution in [0.4, 0.5) is 24.5 Å². The third-order valence-corrected chi connectivity index (χ3v) is 8.86. The Bertz CT molecular complexity index is 1840. The van der Waals surface area contributed by atoms with Gasteiger partial charge in [0.1, 0.15) is 0 Å². The molecule has 0 fully saturated rings. The summed E-state index contributed by atoms with van der Waals surface area (Å²) in [5.74, 6) is -0.848. The van der Waals surface area contributed by atoms with Crippen molar-refractivity contribution < 1.29 is 41.7 Å². The van der Waals surface area contributed by atoms with Crippen molar-refractivity contribution in [3.63, 3.8) is 0 Å². The molecule has 0 saturated heterocycles. The van der Waals surface area contributed by atoms with Crippen LogP contribution in [0.1, 0.15) is 70.6 Å². The van der Waals surface area contributed by atoms with E-state index in [1.807, 2.05) is 39.0 Å². The average molecular weight is 780 g/mol. The largest absolute Gasteiger partial charge is 0.416 e. The van der Waals surface area contributed by atoms with Crippen LogP contribution in [0.3, 0.4) is 0 Å². The van der Waals surface area contributed by atoms with E-state index in [-0.39, 0.29) is 24.1 Å². The maximum Gasteiger partial charge on any atom is 0.416 e. The molecule has 4 rings (SSSR count). The van der Waals surface area contributed by atoms with Crippen molar-refractivity contribution >= 4 is 23.2 Å². The van der Waals surface area contributed by atoms with Crippen LogP contribution in [-0.4, -0.2) is 82.7 Å². The second-order valence-corrected chi connectivity index (χ2v) is 12.7. The monoisotopic (exact) mass is 779 g/mol. The molecule has 4 N–H and O–H groups in total. The van der Waals surface area contributed by atoms with Gasteiger partial charge in [0.15, 0.2) is 0 Å². The number of rotatable bonds is 23. The lowest BCUT2D eigenvalue weighted by Crippen LogP contribution is -2.23. The Balaban J connectivity index is 1.40. The summed E-state index contributed by atoms with van der Waals surface area (Å²) in [4.78, 5) is 33.6. The molecule has 56 heavy (non-hydrogen) atoms. The first-order valence-corrected chi connectivity index (χ1v) is 18.8. The van der Waals surface area contributed by atoms with Crippen LogP contribution in [0, 0.1) is 0 Å². The lowest BCUT2D eigenvalue weighted by atomic mass is 10.0. The van der Waals surface area contributed by atoms with Gasteiger partial charge in [-0.3, -0.25) is 14.6 Å². The van der Waals surface area contributed by atoms with E-state index in [4.69, 9.17) is 24.7 Å². The highest BCUT2D eigenvalue weighted by Crippen LogP contribution is 2.33. The van der Waals surface area contributed by atoms with Gasteiger partial charge in [0.25, 0.3) is 11.8 Å². The molecule has 1 unspecified atom stereocenters. The average Bonchev–Trinajstić information content (AvgIpc) is 3.21. The molecule has 0 radical (unpaired) electrons. The molecule has 0 saturated carbocycles. The molecule has 14 heteroatoms. The number of ether oxygens (including phenoxy) is 4. The zero-order chi connectivity index (χ0) is 40.3. The number of nitrogens with zero attached hydrogens (tertiary/aromatic N) is 2. The second kappa shape index (κ2) is 22.6. The van der Waals surface area contributed by atoms with E-state index in [0.717, 1.165) is 36.5 Å². The van der Waals surface area contributed by atoms with Crippen molar-refractivity contribution in [3.8, 4) is 11.3 Å². The molecule has 0 aliphatic heterocycles. The van der Waals surface area contributed by atoms with Gasteiger partial charge < -0.3 is 40.2 Å². The van der Waals surface area contributed by atoms with Gasteiger partial charge in [0, 0.05) is 67.5 Å². The molecule has 0 bridgehead atoms. The van der Waals surface area contributed by atoms with Gasteiger partial charge >= 0.3 is 6.18 Å². The first-order valence-electron chi connectivity index (χ1n) is 18.8. The third-order valence-electron chi connectivity index (χ3n) is 8.86. The number of pyridine rings is 1. The number of hydrogen-bond acceptors (Lipinski definition) is 9. The van der Waals surface area contributed by atoms with Gasteiger partial charge in [-0.1, -0.05) is 24.3 Å². The predicted octanol–water partition coefficient (Wildman–Crippen LogP) is 7.27. The summed E-state index contributed by atoms with van der Waals surface area (Å²) in [6.07, 6.45) is -2.47. The molecule has 0 spiro atoms. The molecule has 1 aromatic heterocycles. The number of halogens is 3. The van der Waals surface area contributed by atoms with Crippen LogP contribution in [0.2, 0.25) is 0 Å². The summed E-state index contributed by atoms with van der Waals surface area (Å²) in [6, 6.07) is 20.3. The number of nitrogens with two attached hydrogens (primary N) is 1. The van der Waals surface area contributed by atoms with Gasteiger partial charge in [0.05, 0.1) is 56.6 Å². The fraction of sp³-hybridized carbons (Fsp3) is 0.405. The van der Waals surface area contributed by atoms with E-state index in [1.54, 1.807) is 30.3 Å². The quantitative estimate of drug-likeness (QED) is 0.0664. The van der Waals surface area contributed by atoms with Gasteiger partial charge in [-0.15, -0.1) is 0 Å². The standard InChI is InChI=1S/C42H52F3N5O6/c1-4-50(5-2)35-13-14-38(36(28-35)39-27-33(15-17-47-39)40(51)48-29-30-9-7-12-34(25-30)42(43,44)45)49-41(52)32-11-8-10-31(26-32)37(46)16-18-54-21-22-56-24-23-55-20-19-53-6-3/h7-15,17,25-28,37H,4-6,16,18-24,29,46H2,1-3H3,(H,48,51)(H,49,52). The van der Waals surface area contributed by atoms with Crippen LogP contribution >= 0.6 is 0 Å². The van der Waals surface area contributed by atoms with Crippen molar-refractivity contribution in [2.75, 3.05) is 76.2 Å². The van der Waals surface area contributed by atoms with E-state index >= 15 is 0 Å². The summed E-state index contributed by atoms with van der Waals surface area (Å²) in [6.45, 7) is 11.4. The number of hydrogen-bond donors (Lipinski definition) is 3. The van der Waals surface area contributed by atoms with E-state index in [2.05, 4.69) is 20.5 Å². The Morgan fingerprint density at radius 2 is 1.43 bits per heavy atom. The molecule has 1 atom stereocenters. The van der Waals surface area contributed by atoms with Gasteiger partial charge in [-0.25, -0.2) is 0 Å². The van der Waals surface area contributed by atoms with Crippen molar-refractivity contribution in [2.45, 2.75) is 46.0 Å². The molecule has 2 amide bonds. The molecule has 0 aliphatic carbocycles. The number of benzene rings is 3. The maximum absolute atomic E-state index is 13.7. The summed E-state index contributed by atoms with van der Waals surface area (Å²) in [7, 11) is 0. The highest BCUT2D eigenvalue weighted by molar-refractivity contribution is 6.06. The van der Waals surface area contributed by atoms with E-state index < -0.39 is 17.6 Å². The molecule has 11 nitrogen and oxygen atoms in total. The number of alkyl halides is 3. The van der Waals surface area contributed by atoms with Crippen molar-refractivity contribution in [1.29, 1.82) is 0 Å². The first kappa shape index (κ1) is 43.9. The fourth-order valence-electron chi connectivity index (χ4n) is 5.79. The molecule has 0 aliphatic rings. The number of anilines is 2. The number of amides is 2. The van der Waals surface area contributed by atoms with E-state index in [9.17, 15) is 22.8 Å². The Kier molecular flexibility index (Phi) is 17.7. The summed E-state index contributed by atoms with van der Waals surface area (Å²) < 4.78 is 61.5. The minimum atomic E-state index is -4.49. The molecular formula is C42H52F3N5O6. The molecule has 3 aromatic carbocycles. The summed E-state index contributed by atoms with van der Waals surface area (Å²) >= 11 is 0. The highest BCUT2D eigenvalue weighted by atomic mass is 19.4. The zero-order valence-corrected chi connectivity index (χ0v) is 32.2. The lowest BCUT2D eigenvalue weighted by Gasteiger charge is -2.23. The minimum absolute atomic E-state index is 0.101. The maximum atomic E-state index is 13.7. The second-order valence-electron chi connectivity index (χ2n) is 12.7. The minimum Gasteiger partial charge on any atom is -0.379 e. The number of nitrogens with one attached hydrogen (secondary N) is 2. The zero-order valence-electron chi connectivity index (χ0n) is 32.2.